The quantitative estimate of drug-likeness (QED) is 0.212. The van der Waals surface area contributed by atoms with Crippen molar-refractivity contribution < 1.29 is 14.3 Å². The highest BCUT2D eigenvalue weighted by Gasteiger charge is 2.15. The van der Waals surface area contributed by atoms with Gasteiger partial charge in [-0.05, 0) is 35.9 Å². The molecule has 2 aromatic heterocycles. The summed E-state index contributed by atoms with van der Waals surface area (Å²) in [5.74, 6) is 1.80. The number of carbonyl (C=O) groups excluding carboxylic acids is 1. The average molecular weight is 519 g/mol. The number of benzene rings is 3. The number of nitrogens with one attached hydrogen (secondary N) is 1. The van der Waals surface area contributed by atoms with Gasteiger partial charge in [-0.2, -0.15) is 5.10 Å². The topological polar surface area (TPSA) is 77.7 Å². The molecule has 0 aliphatic heterocycles. The molecule has 36 heavy (non-hydrogen) atoms. The molecular formula is C27H23ClN4O3S. The first-order valence-electron chi connectivity index (χ1n) is 11.2. The highest BCUT2D eigenvalue weighted by Crippen LogP contribution is 2.34. The third-order valence-corrected chi connectivity index (χ3v) is 7.40. The van der Waals surface area contributed by atoms with Crippen LogP contribution in [0.4, 0.5) is 0 Å². The number of rotatable bonds is 8. The summed E-state index contributed by atoms with van der Waals surface area (Å²) >= 11 is 7.99. The van der Waals surface area contributed by atoms with Crippen LogP contribution in [-0.2, 0) is 17.8 Å². The van der Waals surface area contributed by atoms with Gasteiger partial charge < -0.3 is 14.0 Å². The van der Waals surface area contributed by atoms with Crippen LogP contribution in [0.3, 0.4) is 0 Å². The van der Waals surface area contributed by atoms with E-state index in [9.17, 15) is 4.79 Å². The molecule has 7 nitrogen and oxygen atoms in total. The van der Waals surface area contributed by atoms with Gasteiger partial charge in [0.1, 0.15) is 12.4 Å². The Balaban J connectivity index is 1.36. The number of halogens is 1. The standard InChI is InChI=1S/C27H23ClN4O3S/c1-34-21-12-11-17(13-22(21)35-2)14-25-30-19-8-4-5-9-20(19)32(25)16-26(33)31-29-15-24-27(28)18-7-3-6-10-23(18)36-24/h3-13,15H,14,16H2,1-2H3,(H,31,33)/b29-15+. The Bertz CT molecular complexity index is 1590. The number of nitrogens with zero attached hydrogens (tertiary/aromatic N) is 3. The zero-order valence-corrected chi connectivity index (χ0v) is 21.3. The smallest absolute Gasteiger partial charge is 0.260 e. The number of ether oxygens (including phenoxy) is 2. The minimum absolute atomic E-state index is 0.0701. The van der Waals surface area contributed by atoms with Crippen molar-refractivity contribution >= 4 is 56.2 Å². The van der Waals surface area contributed by atoms with Gasteiger partial charge in [-0.25, -0.2) is 10.4 Å². The van der Waals surface area contributed by atoms with Crippen LogP contribution in [0.2, 0.25) is 5.02 Å². The van der Waals surface area contributed by atoms with Crippen molar-refractivity contribution in [1.29, 1.82) is 0 Å². The molecule has 0 bridgehead atoms. The number of imidazole rings is 1. The summed E-state index contributed by atoms with van der Waals surface area (Å²) in [6.45, 7) is 0.0701. The normalized spacial score (nSPS) is 11.4. The van der Waals surface area contributed by atoms with Gasteiger partial charge in [0.2, 0.25) is 0 Å². The van der Waals surface area contributed by atoms with Crippen molar-refractivity contribution in [3.63, 3.8) is 0 Å². The first-order valence-corrected chi connectivity index (χ1v) is 12.4. The van der Waals surface area contributed by atoms with Gasteiger partial charge in [0.15, 0.2) is 11.5 Å². The van der Waals surface area contributed by atoms with E-state index in [1.165, 1.54) is 11.3 Å². The maximum atomic E-state index is 12.9. The number of hydrogen-bond donors (Lipinski definition) is 1. The molecule has 182 valence electrons. The van der Waals surface area contributed by atoms with Crippen molar-refractivity contribution in [3.8, 4) is 11.5 Å². The van der Waals surface area contributed by atoms with Crippen LogP contribution in [0.25, 0.3) is 21.1 Å². The van der Waals surface area contributed by atoms with Crippen LogP contribution in [0.15, 0.2) is 71.8 Å². The van der Waals surface area contributed by atoms with Gasteiger partial charge in [-0.1, -0.05) is 48.0 Å². The fourth-order valence-corrected chi connectivity index (χ4v) is 5.42. The summed E-state index contributed by atoms with van der Waals surface area (Å²) in [5.41, 5.74) is 5.31. The number of para-hydroxylation sites is 2. The molecule has 5 aromatic rings. The molecule has 0 atom stereocenters. The summed E-state index contributed by atoms with van der Waals surface area (Å²) in [6.07, 6.45) is 2.10. The molecule has 0 saturated carbocycles. The molecule has 0 aliphatic rings. The Morgan fingerprint density at radius 2 is 1.86 bits per heavy atom. The summed E-state index contributed by atoms with van der Waals surface area (Å²) in [4.78, 5) is 18.4. The molecule has 0 unspecified atom stereocenters. The van der Waals surface area contributed by atoms with Crippen molar-refractivity contribution in [2.45, 2.75) is 13.0 Å². The van der Waals surface area contributed by atoms with Gasteiger partial charge in [-0.3, -0.25) is 4.79 Å². The van der Waals surface area contributed by atoms with Crippen molar-refractivity contribution in [2.75, 3.05) is 14.2 Å². The highest BCUT2D eigenvalue weighted by atomic mass is 35.5. The first-order chi connectivity index (χ1) is 17.6. The molecule has 0 aliphatic carbocycles. The van der Waals surface area contributed by atoms with E-state index in [-0.39, 0.29) is 12.5 Å². The summed E-state index contributed by atoms with van der Waals surface area (Å²) < 4.78 is 13.8. The number of fused-ring (bicyclic) bond motifs is 2. The fourth-order valence-electron chi connectivity index (χ4n) is 4.07. The van der Waals surface area contributed by atoms with Gasteiger partial charge in [0, 0.05) is 16.5 Å². The predicted octanol–water partition coefficient (Wildman–Crippen LogP) is 5.66. The monoisotopic (exact) mass is 518 g/mol. The molecule has 0 saturated heterocycles. The van der Waals surface area contributed by atoms with E-state index < -0.39 is 0 Å². The second-order valence-corrected chi connectivity index (χ2v) is 9.50. The SMILES string of the molecule is COc1ccc(Cc2nc3ccccc3n2CC(=O)N/N=C/c2sc3ccccc3c2Cl)cc1OC. The van der Waals surface area contributed by atoms with Crippen LogP contribution in [-0.4, -0.2) is 35.9 Å². The van der Waals surface area contributed by atoms with Crippen LogP contribution in [0.5, 0.6) is 11.5 Å². The van der Waals surface area contributed by atoms with Crippen LogP contribution < -0.4 is 14.9 Å². The third-order valence-electron chi connectivity index (χ3n) is 5.78. The Hall–Kier alpha value is -3.88. The Labute approximate surface area is 216 Å². The molecule has 2 heterocycles. The molecular weight excluding hydrogens is 496 g/mol. The van der Waals surface area contributed by atoms with Crippen molar-refractivity contribution in [1.82, 2.24) is 15.0 Å². The van der Waals surface area contributed by atoms with E-state index in [0.29, 0.717) is 22.9 Å². The van der Waals surface area contributed by atoms with E-state index >= 15 is 0 Å². The van der Waals surface area contributed by atoms with Crippen molar-refractivity contribution in [3.05, 3.63) is 88.0 Å². The summed E-state index contributed by atoms with van der Waals surface area (Å²) in [5, 5.41) is 5.76. The second kappa shape index (κ2) is 10.4. The maximum absolute atomic E-state index is 12.9. The predicted molar refractivity (Wildman–Crippen MR) is 145 cm³/mol. The zero-order chi connectivity index (χ0) is 25.1. The summed E-state index contributed by atoms with van der Waals surface area (Å²) in [7, 11) is 3.21. The second-order valence-electron chi connectivity index (χ2n) is 8.04. The van der Waals surface area contributed by atoms with Crippen LogP contribution in [0.1, 0.15) is 16.3 Å². The molecule has 9 heteroatoms. The minimum Gasteiger partial charge on any atom is -0.493 e. The molecule has 0 spiro atoms. The van der Waals surface area contributed by atoms with E-state index in [2.05, 4.69) is 10.5 Å². The Morgan fingerprint density at radius 1 is 1.08 bits per heavy atom. The number of hydrazone groups is 1. The maximum Gasteiger partial charge on any atom is 0.260 e. The number of carbonyl (C=O) groups is 1. The van der Waals surface area contributed by atoms with Crippen molar-refractivity contribution in [2.24, 2.45) is 5.10 Å². The average Bonchev–Trinajstić information content (AvgIpc) is 3.40. The van der Waals surface area contributed by atoms with E-state index in [4.69, 9.17) is 26.1 Å². The lowest BCUT2D eigenvalue weighted by Gasteiger charge is -2.11. The lowest BCUT2D eigenvalue weighted by atomic mass is 10.1. The van der Waals surface area contributed by atoms with Gasteiger partial charge >= 0.3 is 0 Å². The number of amides is 1. The fraction of sp³-hybridized carbons (Fsp3) is 0.148. The lowest BCUT2D eigenvalue weighted by Crippen LogP contribution is -2.24. The third kappa shape index (κ3) is 4.78. The Morgan fingerprint density at radius 3 is 2.67 bits per heavy atom. The van der Waals surface area contributed by atoms with Gasteiger partial charge in [0.05, 0.1) is 41.4 Å². The lowest BCUT2D eigenvalue weighted by molar-refractivity contribution is -0.121. The number of methoxy groups -OCH3 is 2. The number of hydrogen-bond acceptors (Lipinski definition) is 6. The van der Waals surface area contributed by atoms with E-state index in [0.717, 1.165) is 37.4 Å². The molecule has 1 N–H and O–H groups in total. The number of aromatic nitrogens is 2. The van der Waals surface area contributed by atoms with Crippen LogP contribution in [0, 0.1) is 0 Å². The molecule has 0 fully saturated rings. The van der Waals surface area contributed by atoms with E-state index in [1.807, 2.05) is 71.3 Å². The van der Waals surface area contributed by atoms with Gasteiger partial charge in [0.25, 0.3) is 5.91 Å². The minimum atomic E-state index is -0.264. The largest absolute Gasteiger partial charge is 0.493 e. The molecule has 5 rings (SSSR count). The first kappa shape index (κ1) is 23.8. The summed E-state index contributed by atoms with van der Waals surface area (Å²) in [6, 6.07) is 21.4. The molecule has 1 amide bonds. The van der Waals surface area contributed by atoms with E-state index in [1.54, 1.807) is 20.4 Å². The van der Waals surface area contributed by atoms with Gasteiger partial charge in [-0.15, -0.1) is 11.3 Å². The molecule has 0 radical (unpaired) electrons. The Kier molecular flexibility index (Phi) is 6.88. The van der Waals surface area contributed by atoms with Crippen LogP contribution >= 0.6 is 22.9 Å². The zero-order valence-electron chi connectivity index (χ0n) is 19.7. The molecule has 3 aromatic carbocycles. The highest BCUT2D eigenvalue weighted by molar-refractivity contribution is 7.21. The number of thiophene rings is 1.